The average Bonchev–Trinajstić information content (AvgIpc) is 2.57. The van der Waals surface area contributed by atoms with Gasteiger partial charge in [0.1, 0.15) is 0 Å². The van der Waals surface area contributed by atoms with Gasteiger partial charge in [0, 0.05) is 28.7 Å². The van der Waals surface area contributed by atoms with Crippen molar-refractivity contribution < 1.29 is 0 Å². The lowest BCUT2D eigenvalue weighted by Gasteiger charge is -2.26. The van der Waals surface area contributed by atoms with Crippen LogP contribution in [-0.2, 0) is 6.42 Å². The second-order valence-corrected chi connectivity index (χ2v) is 4.56. The van der Waals surface area contributed by atoms with Gasteiger partial charge in [0.05, 0.1) is 0 Å². The van der Waals surface area contributed by atoms with E-state index in [2.05, 4.69) is 48.4 Å². The molecule has 0 saturated heterocycles. The molecule has 0 radical (unpaired) electrons. The van der Waals surface area contributed by atoms with Gasteiger partial charge in [-0.2, -0.15) is 0 Å². The van der Waals surface area contributed by atoms with Crippen molar-refractivity contribution in [2.24, 2.45) is 0 Å². The van der Waals surface area contributed by atoms with Gasteiger partial charge in [0.2, 0.25) is 0 Å². The Morgan fingerprint density at radius 1 is 1.19 bits per heavy atom. The third-order valence-electron chi connectivity index (χ3n) is 3.32. The Morgan fingerprint density at radius 2 is 1.94 bits per heavy atom. The molecule has 2 atom stereocenters. The normalized spacial score (nSPS) is 23.9. The first-order valence-electron chi connectivity index (χ1n) is 5.61. The van der Waals surface area contributed by atoms with E-state index in [1.807, 2.05) is 0 Å². The monoisotopic (exact) mass is 236 g/mol. The quantitative estimate of drug-likeness (QED) is 0.723. The van der Waals surface area contributed by atoms with Gasteiger partial charge in [-0.1, -0.05) is 18.2 Å². The highest BCUT2D eigenvalue weighted by Gasteiger charge is 2.23. The predicted molar refractivity (Wildman–Crippen MR) is 70.3 cm³/mol. The molecule has 0 spiro atoms. The lowest BCUT2D eigenvalue weighted by atomic mass is 9.96. The Morgan fingerprint density at radius 3 is 2.75 bits per heavy atom. The number of H-pyrrole nitrogens is 1. The third kappa shape index (κ3) is 1.62. The number of hydrogen-bond acceptors (Lipinski definition) is 1. The molecule has 2 N–H and O–H groups in total. The van der Waals surface area contributed by atoms with Crippen LogP contribution in [0, 0.1) is 0 Å². The molecule has 0 saturated carbocycles. The zero-order chi connectivity index (χ0) is 10.4. The summed E-state index contributed by atoms with van der Waals surface area (Å²) in [7, 11) is 0. The first-order chi connectivity index (χ1) is 7.25. The van der Waals surface area contributed by atoms with Gasteiger partial charge >= 0.3 is 0 Å². The summed E-state index contributed by atoms with van der Waals surface area (Å²) in [5.74, 6) is 0. The third-order valence-corrected chi connectivity index (χ3v) is 3.32. The summed E-state index contributed by atoms with van der Waals surface area (Å²) in [6.07, 6.45) is 1.13. The predicted octanol–water partition coefficient (Wildman–Crippen LogP) is 3.18. The van der Waals surface area contributed by atoms with Crippen molar-refractivity contribution in [3.05, 3.63) is 35.5 Å². The zero-order valence-electron chi connectivity index (χ0n) is 9.58. The number of nitrogens with one attached hydrogen (secondary N) is 2. The second kappa shape index (κ2) is 4.11. The summed E-state index contributed by atoms with van der Waals surface area (Å²) >= 11 is 0. The van der Waals surface area contributed by atoms with Crippen LogP contribution in [0.1, 0.15) is 31.1 Å². The number of hydrogen-bond donors (Lipinski definition) is 2. The Kier molecular flexibility index (Phi) is 2.96. The van der Waals surface area contributed by atoms with E-state index in [1.54, 1.807) is 0 Å². The van der Waals surface area contributed by atoms with Gasteiger partial charge in [0.25, 0.3) is 0 Å². The molecule has 2 nitrogen and oxygen atoms in total. The van der Waals surface area contributed by atoms with Gasteiger partial charge in [-0.3, -0.25) is 0 Å². The molecular weight excluding hydrogens is 220 g/mol. The number of benzene rings is 1. The first-order valence-corrected chi connectivity index (χ1v) is 5.61. The highest BCUT2D eigenvalue weighted by molar-refractivity contribution is 5.85. The van der Waals surface area contributed by atoms with E-state index >= 15 is 0 Å². The molecule has 0 bridgehead atoms. The zero-order valence-corrected chi connectivity index (χ0v) is 10.4. The highest BCUT2D eigenvalue weighted by atomic mass is 35.5. The van der Waals surface area contributed by atoms with Crippen molar-refractivity contribution in [1.29, 1.82) is 0 Å². The van der Waals surface area contributed by atoms with E-state index in [0.29, 0.717) is 12.1 Å². The lowest BCUT2D eigenvalue weighted by molar-refractivity contribution is 0.441. The van der Waals surface area contributed by atoms with Crippen LogP contribution in [0.2, 0.25) is 0 Å². The van der Waals surface area contributed by atoms with Gasteiger partial charge in [-0.15, -0.1) is 12.4 Å². The Balaban J connectivity index is 0.000000963. The van der Waals surface area contributed by atoms with Gasteiger partial charge < -0.3 is 10.3 Å². The molecule has 2 heterocycles. The molecule has 3 heteroatoms. The fraction of sp³-hybridized carbons (Fsp3) is 0.385. The lowest BCUT2D eigenvalue weighted by Crippen LogP contribution is -2.35. The smallest absolute Gasteiger partial charge is 0.0459 e. The minimum absolute atomic E-state index is 0. The molecule has 0 amide bonds. The minimum atomic E-state index is 0. The van der Waals surface area contributed by atoms with Crippen LogP contribution in [0.4, 0.5) is 0 Å². The number of aromatic nitrogens is 1. The summed E-state index contributed by atoms with van der Waals surface area (Å²) in [6.45, 7) is 4.48. The molecule has 1 aliphatic rings. The summed E-state index contributed by atoms with van der Waals surface area (Å²) < 4.78 is 0. The van der Waals surface area contributed by atoms with Crippen molar-refractivity contribution in [3.63, 3.8) is 0 Å². The largest absolute Gasteiger partial charge is 0.357 e. The topological polar surface area (TPSA) is 27.8 Å². The standard InChI is InChI=1S/C13H16N2.ClH/c1-8-7-11-10-5-3-4-6-12(10)15-13(11)9(2)14-8;/h3-6,8-9,14-15H,7H2,1-2H3;1H. The van der Waals surface area contributed by atoms with Crippen molar-refractivity contribution in [1.82, 2.24) is 10.3 Å². The molecule has 16 heavy (non-hydrogen) atoms. The van der Waals surface area contributed by atoms with E-state index in [4.69, 9.17) is 0 Å². The fourth-order valence-corrected chi connectivity index (χ4v) is 2.69. The molecule has 86 valence electrons. The maximum atomic E-state index is 3.57. The molecule has 1 aromatic carbocycles. The van der Waals surface area contributed by atoms with Crippen molar-refractivity contribution >= 4 is 23.3 Å². The maximum Gasteiger partial charge on any atom is 0.0459 e. The molecule has 0 fully saturated rings. The van der Waals surface area contributed by atoms with E-state index in [0.717, 1.165) is 6.42 Å². The van der Waals surface area contributed by atoms with Crippen molar-refractivity contribution in [3.8, 4) is 0 Å². The second-order valence-electron chi connectivity index (χ2n) is 4.56. The minimum Gasteiger partial charge on any atom is -0.357 e. The maximum absolute atomic E-state index is 3.57. The van der Waals surface area contributed by atoms with Crippen LogP contribution in [-0.4, -0.2) is 11.0 Å². The van der Waals surface area contributed by atoms with E-state index in [-0.39, 0.29) is 12.4 Å². The molecular formula is C13H17ClN2. The summed E-state index contributed by atoms with van der Waals surface area (Å²) in [5, 5.41) is 4.96. The molecule has 2 unspecified atom stereocenters. The van der Waals surface area contributed by atoms with Crippen molar-refractivity contribution in [2.45, 2.75) is 32.4 Å². The molecule has 2 aromatic rings. The number of rotatable bonds is 0. The van der Waals surface area contributed by atoms with E-state index in [1.165, 1.54) is 22.2 Å². The number of aromatic amines is 1. The molecule has 0 aliphatic carbocycles. The van der Waals surface area contributed by atoms with Gasteiger partial charge in [0.15, 0.2) is 0 Å². The molecule has 3 rings (SSSR count). The first kappa shape index (κ1) is 11.5. The Labute approximate surface area is 102 Å². The summed E-state index contributed by atoms with van der Waals surface area (Å²) in [5.41, 5.74) is 4.14. The Bertz CT molecular complexity index is 504. The highest BCUT2D eigenvalue weighted by Crippen LogP contribution is 2.31. The molecule has 1 aromatic heterocycles. The van der Waals surface area contributed by atoms with Crippen LogP contribution in [0.15, 0.2) is 24.3 Å². The van der Waals surface area contributed by atoms with E-state index in [9.17, 15) is 0 Å². The van der Waals surface area contributed by atoms with Crippen LogP contribution in [0.5, 0.6) is 0 Å². The van der Waals surface area contributed by atoms with Crippen LogP contribution in [0.3, 0.4) is 0 Å². The van der Waals surface area contributed by atoms with E-state index < -0.39 is 0 Å². The Hall–Kier alpha value is -0.990. The average molecular weight is 237 g/mol. The van der Waals surface area contributed by atoms with Gasteiger partial charge in [-0.25, -0.2) is 0 Å². The van der Waals surface area contributed by atoms with Crippen LogP contribution < -0.4 is 5.32 Å². The van der Waals surface area contributed by atoms with Gasteiger partial charge in [-0.05, 0) is 31.9 Å². The number of fused-ring (bicyclic) bond motifs is 3. The molecule has 1 aliphatic heterocycles. The fourth-order valence-electron chi connectivity index (χ4n) is 2.69. The number of para-hydroxylation sites is 1. The van der Waals surface area contributed by atoms with Crippen molar-refractivity contribution in [2.75, 3.05) is 0 Å². The van der Waals surface area contributed by atoms with Crippen LogP contribution >= 0.6 is 12.4 Å². The summed E-state index contributed by atoms with van der Waals surface area (Å²) in [4.78, 5) is 3.52. The van der Waals surface area contributed by atoms with Crippen LogP contribution in [0.25, 0.3) is 10.9 Å². The number of halogens is 1. The SMILES string of the molecule is CC1Cc2c([nH]c3ccccc23)C(C)N1.Cl. The summed E-state index contributed by atoms with van der Waals surface area (Å²) in [6, 6.07) is 9.60.